The van der Waals surface area contributed by atoms with Gasteiger partial charge in [-0.25, -0.2) is 0 Å². The fraction of sp³-hybridized carbons (Fsp3) is 1.00. The second kappa shape index (κ2) is 4.63. The largest absolute Gasteiger partial charge is 0.393 e. The number of rotatable bonds is 4. The van der Waals surface area contributed by atoms with Crippen LogP contribution >= 0.6 is 0 Å². The Kier molecular flexibility index (Phi) is 3.57. The zero-order valence-corrected chi connectivity index (χ0v) is 10.7. The van der Waals surface area contributed by atoms with E-state index in [0.717, 1.165) is 25.9 Å². The van der Waals surface area contributed by atoms with E-state index in [9.17, 15) is 5.11 Å². The highest BCUT2D eigenvalue weighted by molar-refractivity contribution is 4.95. The summed E-state index contributed by atoms with van der Waals surface area (Å²) in [5.41, 5.74) is 6.03. The van der Waals surface area contributed by atoms with Crippen molar-refractivity contribution >= 4 is 0 Å². The topological polar surface area (TPSA) is 49.5 Å². The van der Waals surface area contributed by atoms with E-state index in [1.807, 2.05) is 0 Å². The van der Waals surface area contributed by atoms with Crippen molar-refractivity contribution in [3.05, 3.63) is 0 Å². The number of aliphatic hydroxyl groups excluding tert-OH is 1. The number of fused-ring (bicyclic) bond motifs is 2. The molecule has 0 spiro atoms. The number of aliphatic hydroxyl groups is 1. The maximum atomic E-state index is 9.74. The molecule has 0 radical (unpaired) electrons. The summed E-state index contributed by atoms with van der Waals surface area (Å²) in [4.78, 5) is 2.63. The van der Waals surface area contributed by atoms with Crippen LogP contribution in [0.5, 0.6) is 0 Å². The van der Waals surface area contributed by atoms with Crippen molar-refractivity contribution in [2.24, 2.45) is 11.1 Å². The summed E-state index contributed by atoms with van der Waals surface area (Å²) in [7, 11) is 0. The molecule has 0 amide bonds. The van der Waals surface area contributed by atoms with Gasteiger partial charge in [-0.05, 0) is 50.6 Å². The molecule has 2 saturated heterocycles. The van der Waals surface area contributed by atoms with Crippen LogP contribution < -0.4 is 5.73 Å². The maximum Gasteiger partial charge on any atom is 0.0570 e. The van der Waals surface area contributed by atoms with Crippen LogP contribution in [-0.4, -0.2) is 41.3 Å². The van der Waals surface area contributed by atoms with Gasteiger partial charge in [-0.2, -0.15) is 0 Å². The van der Waals surface area contributed by atoms with E-state index in [2.05, 4.69) is 18.7 Å². The second-order valence-corrected chi connectivity index (χ2v) is 6.37. The number of piperidine rings is 1. The second-order valence-electron chi connectivity index (χ2n) is 6.37. The summed E-state index contributed by atoms with van der Waals surface area (Å²) in [6.45, 7) is 6.41. The summed E-state index contributed by atoms with van der Waals surface area (Å²) in [5.74, 6) is 0. The van der Waals surface area contributed by atoms with Gasteiger partial charge < -0.3 is 10.8 Å². The van der Waals surface area contributed by atoms with Crippen LogP contribution in [0.1, 0.15) is 46.0 Å². The Morgan fingerprint density at radius 2 is 1.81 bits per heavy atom. The lowest BCUT2D eigenvalue weighted by atomic mass is 9.88. The van der Waals surface area contributed by atoms with Gasteiger partial charge in [0.2, 0.25) is 0 Å². The average molecular weight is 226 g/mol. The quantitative estimate of drug-likeness (QED) is 0.761. The van der Waals surface area contributed by atoms with Crippen LogP contribution in [0.15, 0.2) is 0 Å². The Morgan fingerprint density at radius 3 is 2.31 bits per heavy atom. The minimum atomic E-state index is -0.0451. The van der Waals surface area contributed by atoms with E-state index in [1.54, 1.807) is 0 Å². The first-order valence-electron chi connectivity index (χ1n) is 6.66. The number of hydrogen-bond acceptors (Lipinski definition) is 3. The molecule has 94 valence electrons. The van der Waals surface area contributed by atoms with Crippen molar-refractivity contribution in [3.63, 3.8) is 0 Å². The minimum Gasteiger partial charge on any atom is -0.393 e. The molecule has 0 aromatic carbocycles. The van der Waals surface area contributed by atoms with Crippen molar-refractivity contribution in [3.8, 4) is 0 Å². The van der Waals surface area contributed by atoms with Gasteiger partial charge in [-0.3, -0.25) is 4.90 Å². The van der Waals surface area contributed by atoms with Crippen molar-refractivity contribution in [2.45, 2.75) is 64.1 Å². The molecule has 3 heteroatoms. The third-order valence-corrected chi connectivity index (χ3v) is 4.46. The van der Waals surface area contributed by atoms with E-state index >= 15 is 0 Å². The fourth-order valence-corrected chi connectivity index (χ4v) is 3.14. The molecule has 2 atom stereocenters. The van der Waals surface area contributed by atoms with Crippen LogP contribution in [0.25, 0.3) is 0 Å². The monoisotopic (exact) mass is 226 g/mol. The van der Waals surface area contributed by atoms with Gasteiger partial charge in [0.15, 0.2) is 0 Å². The SMILES string of the molecule is CC(C)(CN)CCN1C2CCC1CC(O)C2. The first-order valence-corrected chi connectivity index (χ1v) is 6.66. The lowest BCUT2D eigenvalue weighted by Crippen LogP contribution is -2.46. The van der Waals surface area contributed by atoms with E-state index in [4.69, 9.17) is 5.73 Å². The molecule has 0 saturated carbocycles. The van der Waals surface area contributed by atoms with Crippen LogP contribution in [0.3, 0.4) is 0 Å². The summed E-state index contributed by atoms with van der Waals surface area (Å²) in [6, 6.07) is 1.28. The van der Waals surface area contributed by atoms with Crippen molar-refractivity contribution < 1.29 is 5.11 Å². The molecule has 3 nitrogen and oxygen atoms in total. The molecule has 0 aromatic rings. The van der Waals surface area contributed by atoms with Crippen molar-refractivity contribution in [1.82, 2.24) is 4.90 Å². The third-order valence-electron chi connectivity index (χ3n) is 4.46. The first kappa shape index (κ1) is 12.3. The van der Waals surface area contributed by atoms with Crippen LogP contribution in [-0.2, 0) is 0 Å². The Morgan fingerprint density at radius 1 is 1.25 bits per heavy atom. The summed E-state index contributed by atoms with van der Waals surface area (Å²) in [6.07, 6.45) is 5.66. The molecule has 2 aliphatic heterocycles. The Hall–Kier alpha value is -0.120. The highest BCUT2D eigenvalue weighted by Gasteiger charge is 2.40. The summed E-state index contributed by atoms with van der Waals surface area (Å²) in [5, 5.41) is 9.74. The van der Waals surface area contributed by atoms with Gasteiger partial charge in [0.25, 0.3) is 0 Å². The smallest absolute Gasteiger partial charge is 0.0570 e. The van der Waals surface area contributed by atoms with Gasteiger partial charge in [-0.1, -0.05) is 13.8 Å². The predicted octanol–water partition coefficient (Wildman–Crippen LogP) is 1.35. The molecule has 2 unspecified atom stereocenters. The molecule has 2 fully saturated rings. The van der Waals surface area contributed by atoms with Gasteiger partial charge in [0.05, 0.1) is 6.10 Å². The zero-order chi connectivity index (χ0) is 11.8. The van der Waals surface area contributed by atoms with Crippen LogP contribution in [0.2, 0.25) is 0 Å². The molecule has 3 N–H and O–H groups in total. The highest BCUT2D eigenvalue weighted by atomic mass is 16.3. The van der Waals surface area contributed by atoms with Crippen LogP contribution in [0.4, 0.5) is 0 Å². The van der Waals surface area contributed by atoms with Gasteiger partial charge in [0.1, 0.15) is 0 Å². The molecular weight excluding hydrogens is 200 g/mol. The van der Waals surface area contributed by atoms with E-state index in [0.29, 0.717) is 12.1 Å². The normalized spacial score (nSPS) is 35.6. The number of nitrogens with zero attached hydrogens (tertiary/aromatic N) is 1. The van der Waals surface area contributed by atoms with E-state index in [1.165, 1.54) is 19.3 Å². The molecule has 0 aliphatic carbocycles. The fourth-order valence-electron chi connectivity index (χ4n) is 3.14. The molecular formula is C13H26N2O. The molecule has 2 heterocycles. The average Bonchev–Trinajstić information content (AvgIpc) is 2.47. The maximum absolute atomic E-state index is 9.74. The lowest BCUT2D eigenvalue weighted by molar-refractivity contribution is 0.0298. The van der Waals surface area contributed by atoms with Gasteiger partial charge >= 0.3 is 0 Å². The lowest BCUT2D eigenvalue weighted by Gasteiger charge is -2.38. The van der Waals surface area contributed by atoms with Crippen LogP contribution in [0, 0.1) is 5.41 Å². The molecule has 0 aromatic heterocycles. The van der Waals surface area contributed by atoms with Crippen molar-refractivity contribution in [1.29, 1.82) is 0 Å². The zero-order valence-electron chi connectivity index (χ0n) is 10.7. The van der Waals surface area contributed by atoms with Gasteiger partial charge in [-0.15, -0.1) is 0 Å². The standard InChI is InChI=1S/C13H26N2O/c1-13(2,9-14)5-6-15-10-3-4-11(15)8-12(16)7-10/h10-12,16H,3-9,14H2,1-2H3. The minimum absolute atomic E-state index is 0.0451. The predicted molar refractivity (Wildman–Crippen MR) is 66.2 cm³/mol. The Labute approximate surface area is 99.0 Å². The Balaban J connectivity index is 1.87. The molecule has 2 rings (SSSR count). The number of nitrogens with two attached hydrogens (primary N) is 1. The summed E-state index contributed by atoms with van der Waals surface area (Å²) < 4.78 is 0. The molecule has 16 heavy (non-hydrogen) atoms. The molecule has 2 bridgehead atoms. The molecule has 2 aliphatic rings. The third kappa shape index (κ3) is 2.58. The number of hydrogen-bond donors (Lipinski definition) is 2. The van der Waals surface area contributed by atoms with E-state index < -0.39 is 0 Å². The Bertz CT molecular complexity index is 228. The first-order chi connectivity index (χ1) is 7.52. The van der Waals surface area contributed by atoms with E-state index in [-0.39, 0.29) is 11.5 Å². The van der Waals surface area contributed by atoms with Crippen molar-refractivity contribution in [2.75, 3.05) is 13.1 Å². The highest BCUT2D eigenvalue weighted by Crippen LogP contribution is 2.36. The van der Waals surface area contributed by atoms with Gasteiger partial charge in [0, 0.05) is 12.1 Å². The summed E-state index contributed by atoms with van der Waals surface area (Å²) >= 11 is 0.